The van der Waals surface area contributed by atoms with Crippen LogP contribution in [0.2, 0.25) is 0 Å². The number of anilines is 2. The highest BCUT2D eigenvalue weighted by atomic mass is 16.3. The summed E-state index contributed by atoms with van der Waals surface area (Å²) in [6.45, 7) is 2.76. The van der Waals surface area contributed by atoms with Gasteiger partial charge in [0.2, 0.25) is 0 Å². The van der Waals surface area contributed by atoms with Gasteiger partial charge in [0.25, 0.3) is 0 Å². The van der Waals surface area contributed by atoms with E-state index in [1.54, 1.807) is 4.68 Å². The summed E-state index contributed by atoms with van der Waals surface area (Å²) in [5.41, 5.74) is 7.50. The van der Waals surface area contributed by atoms with Crippen LogP contribution in [0.4, 0.5) is 11.5 Å². The average Bonchev–Trinajstić information content (AvgIpc) is 2.72. The van der Waals surface area contributed by atoms with Crippen molar-refractivity contribution in [3.8, 4) is 0 Å². The quantitative estimate of drug-likeness (QED) is 0.712. The van der Waals surface area contributed by atoms with Gasteiger partial charge < -0.3 is 16.2 Å². The molecule has 90 valence electrons. The van der Waals surface area contributed by atoms with Crippen molar-refractivity contribution in [2.24, 2.45) is 13.0 Å². The van der Waals surface area contributed by atoms with Crippen LogP contribution in [0.1, 0.15) is 25.0 Å². The van der Waals surface area contributed by atoms with Crippen molar-refractivity contribution in [2.45, 2.75) is 32.3 Å². The number of aliphatic hydroxyl groups excluding tert-OH is 1. The van der Waals surface area contributed by atoms with Crippen LogP contribution in [0.3, 0.4) is 0 Å². The van der Waals surface area contributed by atoms with Crippen molar-refractivity contribution in [2.75, 3.05) is 17.6 Å². The number of nitrogen functional groups attached to an aromatic ring is 1. The molecule has 1 aliphatic carbocycles. The van der Waals surface area contributed by atoms with Crippen molar-refractivity contribution >= 4 is 11.5 Å². The molecule has 2 rings (SSSR count). The van der Waals surface area contributed by atoms with Gasteiger partial charge in [-0.25, -0.2) is 0 Å². The first-order valence-corrected chi connectivity index (χ1v) is 5.79. The van der Waals surface area contributed by atoms with Crippen molar-refractivity contribution in [3.63, 3.8) is 0 Å². The Bertz CT molecular complexity index is 374. The van der Waals surface area contributed by atoms with Crippen LogP contribution in [-0.4, -0.2) is 27.5 Å². The SMILES string of the molecule is Cc1nn(C)c(NCC2CCC(O)C2)c1N. The van der Waals surface area contributed by atoms with Gasteiger partial charge in [-0.15, -0.1) is 0 Å². The Hall–Kier alpha value is -1.23. The number of aryl methyl sites for hydroxylation is 2. The van der Waals surface area contributed by atoms with Crippen molar-refractivity contribution in [3.05, 3.63) is 5.69 Å². The molecule has 0 amide bonds. The fraction of sp³-hybridized carbons (Fsp3) is 0.727. The summed E-state index contributed by atoms with van der Waals surface area (Å²) in [5, 5.41) is 17.0. The molecule has 1 saturated carbocycles. The Morgan fingerprint density at radius 1 is 1.56 bits per heavy atom. The van der Waals surface area contributed by atoms with E-state index in [2.05, 4.69) is 10.4 Å². The third-order valence-electron chi connectivity index (χ3n) is 3.34. The molecule has 5 nitrogen and oxygen atoms in total. The van der Waals surface area contributed by atoms with Crippen molar-refractivity contribution < 1.29 is 5.11 Å². The third kappa shape index (κ3) is 2.14. The molecule has 2 atom stereocenters. The third-order valence-corrected chi connectivity index (χ3v) is 3.34. The van der Waals surface area contributed by atoms with E-state index in [0.717, 1.165) is 43.0 Å². The number of aromatic nitrogens is 2. The predicted octanol–water partition coefficient (Wildman–Crippen LogP) is 0.884. The summed E-state index contributed by atoms with van der Waals surface area (Å²) in [6.07, 6.45) is 2.79. The highest BCUT2D eigenvalue weighted by Crippen LogP contribution is 2.27. The minimum atomic E-state index is -0.113. The normalized spacial score (nSPS) is 24.9. The molecule has 1 heterocycles. The largest absolute Gasteiger partial charge is 0.394 e. The van der Waals surface area contributed by atoms with Crippen LogP contribution >= 0.6 is 0 Å². The molecular formula is C11H20N4O. The first kappa shape index (κ1) is 11.3. The lowest BCUT2D eigenvalue weighted by molar-refractivity contribution is 0.178. The van der Waals surface area contributed by atoms with Gasteiger partial charge in [0.1, 0.15) is 5.82 Å². The second-order valence-electron chi connectivity index (χ2n) is 4.69. The maximum absolute atomic E-state index is 9.44. The number of hydrogen-bond donors (Lipinski definition) is 3. The average molecular weight is 224 g/mol. The van der Waals surface area contributed by atoms with Gasteiger partial charge in [0, 0.05) is 13.6 Å². The van der Waals surface area contributed by atoms with Gasteiger partial charge >= 0.3 is 0 Å². The van der Waals surface area contributed by atoms with Crippen molar-refractivity contribution in [1.82, 2.24) is 9.78 Å². The lowest BCUT2D eigenvalue weighted by atomic mass is 10.1. The molecule has 0 aromatic carbocycles. The van der Waals surface area contributed by atoms with Gasteiger partial charge in [-0.3, -0.25) is 4.68 Å². The number of nitrogens with one attached hydrogen (secondary N) is 1. The minimum Gasteiger partial charge on any atom is -0.394 e. The Morgan fingerprint density at radius 2 is 2.31 bits per heavy atom. The molecule has 0 spiro atoms. The van der Waals surface area contributed by atoms with Crippen LogP contribution in [0.5, 0.6) is 0 Å². The highest BCUT2D eigenvalue weighted by molar-refractivity contribution is 5.64. The molecule has 1 aromatic rings. The fourth-order valence-electron chi connectivity index (χ4n) is 2.36. The van der Waals surface area contributed by atoms with Crippen LogP contribution in [-0.2, 0) is 7.05 Å². The number of aliphatic hydroxyl groups is 1. The van der Waals surface area contributed by atoms with E-state index >= 15 is 0 Å². The maximum Gasteiger partial charge on any atom is 0.147 e. The van der Waals surface area contributed by atoms with Crippen LogP contribution in [0.15, 0.2) is 0 Å². The Balaban J connectivity index is 1.94. The number of nitrogens with two attached hydrogens (primary N) is 1. The summed E-state index contributed by atoms with van der Waals surface area (Å²) >= 11 is 0. The molecule has 1 fully saturated rings. The van der Waals surface area contributed by atoms with Gasteiger partial charge in [0.05, 0.1) is 17.5 Å². The molecule has 16 heavy (non-hydrogen) atoms. The topological polar surface area (TPSA) is 76.1 Å². The number of rotatable bonds is 3. The zero-order chi connectivity index (χ0) is 11.7. The van der Waals surface area contributed by atoms with Gasteiger partial charge in [-0.2, -0.15) is 5.10 Å². The zero-order valence-electron chi connectivity index (χ0n) is 9.90. The molecule has 5 heteroatoms. The van der Waals surface area contributed by atoms with Gasteiger partial charge in [0.15, 0.2) is 0 Å². The van der Waals surface area contributed by atoms with E-state index < -0.39 is 0 Å². The summed E-state index contributed by atoms with van der Waals surface area (Å²) in [7, 11) is 1.88. The van der Waals surface area contributed by atoms with E-state index in [-0.39, 0.29) is 6.10 Å². The molecule has 0 aliphatic heterocycles. The Kier molecular flexibility index (Phi) is 3.05. The standard InChI is InChI=1S/C11H20N4O/c1-7-10(12)11(15(2)14-7)13-6-8-3-4-9(16)5-8/h8-9,13,16H,3-6,12H2,1-2H3. The van der Waals surface area contributed by atoms with E-state index in [1.165, 1.54) is 0 Å². The zero-order valence-corrected chi connectivity index (χ0v) is 9.90. The molecule has 0 bridgehead atoms. The number of nitrogens with zero attached hydrogens (tertiary/aromatic N) is 2. The van der Waals surface area contributed by atoms with Crippen LogP contribution < -0.4 is 11.1 Å². The van der Waals surface area contributed by atoms with Crippen LogP contribution in [0.25, 0.3) is 0 Å². The molecular weight excluding hydrogens is 204 g/mol. The second kappa shape index (κ2) is 4.33. The van der Waals surface area contributed by atoms with E-state index in [4.69, 9.17) is 5.73 Å². The predicted molar refractivity (Wildman–Crippen MR) is 64.2 cm³/mol. The van der Waals surface area contributed by atoms with E-state index in [0.29, 0.717) is 5.92 Å². The first-order valence-electron chi connectivity index (χ1n) is 5.79. The molecule has 0 radical (unpaired) electrons. The Morgan fingerprint density at radius 3 is 2.81 bits per heavy atom. The fourth-order valence-corrected chi connectivity index (χ4v) is 2.36. The lowest BCUT2D eigenvalue weighted by Crippen LogP contribution is -2.15. The van der Waals surface area contributed by atoms with E-state index in [9.17, 15) is 5.11 Å². The number of hydrogen-bond acceptors (Lipinski definition) is 4. The highest BCUT2D eigenvalue weighted by Gasteiger charge is 2.23. The summed E-state index contributed by atoms with van der Waals surface area (Å²) in [6, 6.07) is 0. The molecule has 4 N–H and O–H groups in total. The maximum atomic E-state index is 9.44. The second-order valence-corrected chi connectivity index (χ2v) is 4.69. The molecule has 0 saturated heterocycles. The summed E-state index contributed by atoms with van der Waals surface area (Å²) in [5.74, 6) is 1.43. The van der Waals surface area contributed by atoms with E-state index in [1.807, 2.05) is 14.0 Å². The smallest absolute Gasteiger partial charge is 0.147 e. The molecule has 1 aromatic heterocycles. The monoisotopic (exact) mass is 224 g/mol. The minimum absolute atomic E-state index is 0.113. The van der Waals surface area contributed by atoms with Gasteiger partial charge in [-0.1, -0.05) is 0 Å². The van der Waals surface area contributed by atoms with Gasteiger partial charge in [-0.05, 0) is 32.1 Å². The first-order chi connectivity index (χ1) is 7.58. The summed E-state index contributed by atoms with van der Waals surface area (Å²) < 4.78 is 1.77. The molecule has 1 aliphatic rings. The summed E-state index contributed by atoms with van der Waals surface area (Å²) in [4.78, 5) is 0. The Labute approximate surface area is 95.6 Å². The molecule has 2 unspecified atom stereocenters. The van der Waals surface area contributed by atoms with Crippen LogP contribution in [0, 0.1) is 12.8 Å². The lowest BCUT2D eigenvalue weighted by Gasteiger charge is -2.12. The van der Waals surface area contributed by atoms with Crippen molar-refractivity contribution in [1.29, 1.82) is 0 Å².